The number of carbonyl (C=O) groups excluding carboxylic acids is 2. The topological polar surface area (TPSA) is 71.1 Å². The molecule has 8 aliphatic carbocycles. The third kappa shape index (κ3) is 13.0. The molecule has 0 aromatic heterocycles. The van der Waals surface area contributed by atoms with Crippen LogP contribution in [0, 0.1) is 92.7 Å². The van der Waals surface area contributed by atoms with Crippen LogP contribution in [0.1, 0.15) is 263 Å². The Hall–Kier alpha value is -3.54. The van der Waals surface area contributed by atoms with Gasteiger partial charge in [0.05, 0.1) is 24.3 Å². The van der Waals surface area contributed by atoms with Crippen LogP contribution in [0.15, 0.2) is 71.8 Å². The molecule has 10 rings (SSSR count). The number of allylic oxidation sites excluding steroid dienone is 2. The first-order chi connectivity index (χ1) is 38.9. The van der Waals surface area contributed by atoms with E-state index in [-0.39, 0.29) is 35.0 Å². The summed E-state index contributed by atoms with van der Waals surface area (Å²) in [4.78, 5) is 26.9. The number of unbranched alkanes of at least 4 members (excludes halogenated alkanes) is 4. The molecule has 16 atom stereocenters. The minimum Gasteiger partial charge on any atom is -0.494 e. The van der Waals surface area contributed by atoms with Crippen LogP contribution in [-0.2, 0) is 9.47 Å². The number of rotatable bonds is 24. The first-order valence-electron chi connectivity index (χ1n) is 34.2. The van der Waals surface area contributed by atoms with Crippen molar-refractivity contribution in [2.75, 3.05) is 13.2 Å². The fourth-order valence-corrected chi connectivity index (χ4v) is 20.4. The molecule has 0 heterocycles. The smallest absolute Gasteiger partial charge is 0.338 e. The van der Waals surface area contributed by atoms with Gasteiger partial charge < -0.3 is 18.9 Å². The Kier molecular flexibility index (Phi) is 19.4. The summed E-state index contributed by atoms with van der Waals surface area (Å²) in [7, 11) is 0. The van der Waals surface area contributed by atoms with Gasteiger partial charge in [0.25, 0.3) is 0 Å². The van der Waals surface area contributed by atoms with Crippen molar-refractivity contribution < 1.29 is 28.5 Å². The molecule has 2 aromatic rings. The maximum Gasteiger partial charge on any atom is 0.338 e. The number of hydrogen-bond donors (Lipinski definition) is 0. The van der Waals surface area contributed by atoms with E-state index >= 15 is 0 Å². The first-order valence-corrected chi connectivity index (χ1v) is 34.2. The summed E-state index contributed by atoms with van der Waals surface area (Å²) in [6, 6.07) is 15.1. The highest BCUT2D eigenvalue weighted by Gasteiger charge is 2.61. The second kappa shape index (κ2) is 26.0. The van der Waals surface area contributed by atoms with E-state index in [2.05, 4.69) is 81.4 Å². The molecule has 2 aromatic carbocycles. The zero-order valence-corrected chi connectivity index (χ0v) is 52.8. The molecule has 448 valence electrons. The second-order valence-electron chi connectivity index (χ2n) is 30.6. The Balaban J connectivity index is 0.583. The maximum atomic E-state index is 13.4. The third-order valence-electron chi connectivity index (χ3n) is 25.1. The van der Waals surface area contributed by atoms with Crippen LogP contribution < -0.4 is 9.47 Å². The molecule has 0 amide bonds. The monoisotopic (exact) mass is 1110 g/mol. The molecule has 0 bridgehead atoms. The van der Waals surface area contributed by atoms with Gasteiger partial charge in [-0.15, -0.1) is 0 Å². The van der Waals surface area contributed by atoms with E-state index in [1.807, 2.05) is 48.5 Å². The summed E-state index contributed by atoms with van der Waals surface area (Å²) in [5.74, 6) is 11.1. The zero-order valence-electron chi connectivity index (χ0n) is 52.8. The predicted octanol–water partition coefficient (Wildman–Crippen LogP) is 20.2. The third-order valence-corrected chi connectivity index (χ3v) is 25.1. The van der Waals surface area contributed by atoms with Crippen molar-refractivity contribution in [3.63, 3.8) is 0 Å². The molecule has 0 aliphatic heterocycles. The van der Waals surface area contributed by atoms with Crippen molar-refractivity contribution >= 4 is 11.9 Å². The van der Waals surface area contributed by atoms with Crippen LogP contribution in [-0.4, -0.2) is 37.4 Å². The molecule has 6 fully saturated rings. The van der Waals surface area contributed by atoms with Gasteiger partial charge in [-0.3, -0.25) is 0 Å². The zero-order chi connectivity index (χ0) is 57.1. The van der Waals surface area contributed by atoms with E-state index in [9.17, 15) is 9.59 Å². The average Bonchev–Trinajstić information content (AvgIpc) is 3.79. The van der Waals surface area contributed by atoms with E-state index in [0.29, 0.717) is 35.2 Å². The summed E-state index contributed by atoms with van der Waals surface area (Å²) >= 11 is 0. The summed E-state index contributed by atoms with van der Waals surface area (Å²) in [5.41, 5.74) is 5.86. The number of esters is 2. The first kappa shape index (κ1) is 60.6. The van der Waals surface area contributed by atoms with Crippen molar-refractivity contribution in [1.82, 2.24) is 0 Å². The van der Waals surface area contributed by atoms with Gasteiger partial charge in [0.2, 0.25) is 0 Å². The molecule has 0 spiro atoms. The van der Waals surface area contributed by atoms with Crippen molar-refractivity contribution in [3.05, 3.63) is 83.0 Å². The van der Waals surface area contributed by atoms with Gasteiger partial charge in [-0.25, -0.2) is 9.59 Å². The van der Waals surface area contributed by atoms with Gasteiger partial charge >= 0.3 is 11.9 Å². The highest BCUT2D eigenvalue weighted by atomic mass is 16.5. The lowest BCUT2D eigenvalue weighted by molar-refractivity contribution is -0.0594. The molecule has 81 heavy (non-hydrogen) atoms. The molecule has 6 heteroatoms. The van der Waals surface area contributed by atoms with E-state index < -0.39 is 0 Å². The van der Waals surface area contributed by atoms with Crippen molar-refractivity contribution in [1.29, 1.82) is 0 Å². The Morgan fingerprint density at radius 1 is 0.457 bits per heavy atom. The molecule has 6 saturated carbocycles. The fourth-order valence-electron chi connectivity index (χ4n) is 20.4. The standard InChI is InChI=1S/C75H112O6/c1-50(2)18-16-20-52(5)64-34-36-66-62-32-26-56-48-60(38-42-72(56,7)68(62)40-44-74(64,66)9)80-70(76)54-22-28-58(29-23-54)78-46-14-12-11-13-15-47-79-59-30-24-55(25-31-59)71(77)81-61-39-43-73(8)57(49-61)27-33-63-67-37-35-65(53(6)21-17-19-51(3)4)75(67,10)45-41-69(63)73/h22-31,50-53,60-69H,11-21,32-49H2,1-10H3/t52-,53-,60?,61?,62+,63+,64-,65-,66+,67+,68+,69+,72+,73+,74-,75-/m1/s1. The summed E-state index contributed by atoms with van der Waals surface area (Å²) in [6.45, 7) is 26.5. The van der Waals surface area contributed by atoms with E-state index in [0.717, 1.165) is 153 Å². The van der Waals surface area contributed by atoms with Crippen LogP contribution in [0.5, 0.6) is 11.5 Å². The average molecular weight is 1110 g/mol. The van der Waals surface area contributed by atoms with E-state index in [4.69, 9.17) is 18.9 Å². The van der Waals surface area contributed by atoms with E-state index in [1.165, 1.54) is 103 Å². The van der Waals surface area contributed by atoms with Crippen LogP contribution in [0.4, 0.5) is 0 Å². The van der Waals surface area contributed by atoms with Crippen LogP contribution in [0.25, 0.3) is 0 Å². The summed E-state index contributed by atoms with van der Waals surface area (Å²) < 4.78 is 24.6. The Morgan fingerprint density at radius 3 is 1.25 bits per heavy atom. The van der Waals surface area contributed by atoms with Gasteiger partial charge in [0.1, 0.15) is 23.7 Å². The molecular formula is C75H112O6. The number of hydrogen-bond acceptors (Lipinski definition) is 6. The van der Waals surface area contributed by atoms with Gasteiger partial charge in [0.15, 0.2) is 0 Å². The van der Waals surface area contributed by atoms with Crippen LogP contribution in [0.2, 0.25) is 0 Å². The maximum absolute atomic E-state index is 13.4. The van der Waals surface area contributed by atoms with Gasteiger partial charge in [0, 0.05) is 12.8 Å². The minimum absolute atomic E-state index is 0.0455. The largest absolute Gasteiger partial charge is 0.494 e. The fraction of sp³-hybridized carbons (Fsp3) is 0.760. The normalized spacial score (nSPS) is 35.7. The molecule has 0 N–H and O–H groups in total. The van der Waals surface area contributed by atoms with Gasteiger partial charge in [-0.2, -0.15) is 0 Å². The lowest BCUT2D eigenvalue weighted by atomic mass is 9.47. The SMILES string of the molecule is CC(C)CCC[C@@H](C)[C@H]1CC[C@H]2[C@@H]3CC=C4CC(OC(=O)c5ccc(OCCCCCCCOc6ccc(C(=O)OC7CC[C@@]8(C)C(=CC[C@H]9[C@@H]%10CC[C@H]([C@H](C)CCCC(C)C)[C@@]%10(C)CC[C@@H]98)C7)cc6)cc5)CC[C@]4(C)[C@H]3CC[C@]12C. The number of carbonyl (C=O) groups is 2. The second-order valence-corrected chi connectivity index (χ2v) is 30.6. The summed E-state index contributed by atoms with van der Waals surface area (Å²) in [6.07, 6.45) is 38.4. The summed E-state index contributed by atoms with van der Waals surface area (Å²) in [5, 5.41) is 0. The minimum atomic E-state index is -0.212. The van der Waals surface area contributed by atoms with E-state index in [1.54, 1.807) is 11.1 Å². The molecule has 0 radical (unpaired) electrons. The van der Waals surface area contributed by atoms with Crippen molar-refractivity contribution in [2.24, 2.45) is 92.7 Å². The van der Waals surface area contributed by atoms with Crippen LogP contribution >= 0.6 is 0 Å². The van der Waals surface area contributed by atoms with Gasteiger partial charge in [-0.1, -0.05) is 150 Å². The Labute approximate surface area is 493 Å². The number of fused-ring (bicyclic) bond motifs is 10. The highest BCUT2D eigenvalue weighted by Crippen LogP contribution is 2.69. The number of ether oxygens (including phenoxy) is 4. The molecular weight excluding hydrogens is 997 g/mol. The molecule has 2 unspecified atom stereocenters. The Morgan fingerprint density at radius 2 is 0.852 bits per heavy atom. The Bertz CT molecular complexity index is 2300. The molecule has 0 saturated heterocycles. The van der Waals surface area contributed by atoms with Crippen molar-refractivity contribution in [2.45, 2.75) is 255 Å². The van der Waals surface area contributed by atoms with Crippen molar-refractivity contribution in [3.8, 4) is 11.5 Å². The quantitative estimate of drug-likeness (QED) is 0.0593. The number of benzene rings is 2. The van der Waals surface area contributed by atoms with Gasteiger partial charge in [-0.05, 0) is 244 Å². The molecule has 8 aliphatic rings. The lowest BCUT2D eigenvalue weighted by Gasteiger charge is -2.58. The highest BCUT2D eigenvalue weighted by molar-refractivity contribution is 5.90. The lowest BCUT2D eigenvalue weighted by Crippen LogP contribution is -2.51. The predicted molar refractivity (Wildman–Crippen MR) is 331 cm³/mol. The van der Waals surface area contributed by atoms with Crippen LogP contribution in [0.3, 0.4) is 0 Å². The molecule has 6 nitrogen and oxygen atoms in total.